The van der Waals surface area contributed by atoms with E-state index < -0.39 is 0 Å². The average Bonchev–Trinajstić information content (AvgIpc) is 2.42. The van der Waals surface area contributed by atoms with Gasteiger partial charge in [-0.2, -0.15) is 4.98 Å². The lowest BCUT2D eigenvalue weighted by Gasteiger charge is -2.20. The van der Waals surface area contributed by atoms with Gasteiger partial charge in [0, 0.05) is 0 Å². The van der Waals surface area contributed by atoms with E-state index in [9.17, 15) is 0 Å². The van der Waals surface area contributed by atoms with E-state index in [0.29, 0.717) is 17.7 Å². The van der Waals surface area contributed by atoms with Gasteiger partial charge in [-0.15, -0.1) is 0 Å². The second kappa shape index (κ2) is 7.94. The molecule has 0 bridgehead atoms. The van der Waals surface area contributed by atoms with Crippen LogP contribution in [0.15, 0.2) is 6.20 Å². The Labute approximate surface area is 115 Å². The maximum absolute atomic E-state index is 5.33. The fourth-order valence-electron chi connectivity index (χ4n) is 1.94. The van der Waals surface area contributed by atoms with Crippen molar-refractivity contribution in [3.63, 3.8) is 0 Å². The molecule has 1 rings (SSSR count). The molecular formula is C14H25N3O2. The van der Waals surface area contributed by atoms with Crippen molar-refractivity contribution in [2.24, 2.45) is 5.92 Å². The molecule has 0 aliphatic heterocycles. The molecule has 0 aliphatic rings. The van der Waals surface area contributed by atoms with Crippen LogP contribution in [0.25, 0.3) is 0 Å². The van der Waals surface area contributed by atoms with E-state index in [2.05, 4.69) is 36.1 Å². The largest absolute Gasteiger partial charge is 0.480 e. The number of nitrogens with one attached hydrogen (secondary N) is 1. The molecule has 1 N–H and O–H groups in total. The molecule has 0 fully saturated rings. The van der Waals surface area contributed by atoms with Gasteiger partial charge in [-0.05, 0) is 25.3 Å². The molecule has 0 saturated heterocycles. The smallest absolute Gasteiger partial charge is 0.240 e. The van der Waals surface area contributed by atoms with Crippen LogP contribution < -0.4 is 14.8 Å². The van der Waals surface area contributed by atoms with Crippen molar-refractivity contribution in [2.45, 2.75) is 39.7 Å². The van der Waals surface area contributed by atoms with Gasteiger partial charge in [-0.3, -0.25) is 0 Å². The summed E-state index contributed by atoms with van der Waals surface area (Å²) in [6, 6.07) is 0.167. The average molecular weight is 267 g/mol. The van der Waals surface area contributed by atoms with Gasteiger partial charge in [-0.1, -0.05) is 20.8 Å². The van der Waals surface area contributed by atoms with E-state index >= 15 is 0 Å². The van der Waals surface area contributed by atoms with Crippen molar-refractivity contribution in [1.82, 2.24) is 15.3 Å². The zero-order valence-electron chi connectivity index (χ0n) is 12.6. The van der Waals surface area contributed by atoms with E-state index in [1.165, 1.54) is 0 Å². The van der Waals surface area contributed by atoms with Crippen LogP contribution in [0.5, 0.6) is 11.8 Å². The maximum Gasteiger partial charge on any atom is 0.240 e. The van der Waals surface area contributed by atoms with Crippen molar-refractivity contribution in [1.29, 1.82) is 0 Å². The SMILES string of the molecule is CCNC(CCC(C)C)c1ncc(OC)nc1OC. The van der Waals surface area contributed by atoms with E-state index in [1.54, 1.807) is 20.4 Å². The first-order valence-electron chi connectivity index (χ1n) is 6.80. The monoisotopic (exact) mass is 267 g/mol. The molecule has 1 atom stereocenters. The fourth-order valence-corrected chi connectivity index (χ4v) is 1.94. The minimum Gasteiger partial charge on any atom is -0.480 e. The summed E-state index contributed by atoms with van der Waals surface area (Å²) in [6.45, 7) is 7.42. The molecule has 0 spiro atoms. The number of hydrogen-bond donors (Lipinski definition) is 1. The van der Waals surface area contributed by atoms with Crippen LogP contribution in [0, 0.1) is 5.92 Å². The predicted molar refractivity (Wildman–Crippen MR) is 75.6 cm³/mol. The van der Waals surface area contributed by atoms with Gasteiger partial charge in [0.05, 0.1) is 26.5 Å². The number of nitrogens with zero attached hydrogens (tertiary/aromatic N) is 2. The summed E-state index contributed by atoms with van der Waals surface area (Å²) in [4.78, 5) is 8.74. The molecule has 1 heterocycles. The molecule has 0 amide bonds. The number of ether oxygens (including phenoxy) is 2. The van der Waals surface area contributed by atoms with Gasteiger partial charge in [-0.25, -0.2) is 4.98 Å². The lowest BCUT2D eigenvalue weighted by atomic mass is 10.0. The normalized spacial score (nSPS) is 12.5. The van der Waals surface area contributed by atoms with Crippen molar-refractivity contribution in [3.8, 4) is 11.8 Å². The molecule has 0 saturated carbocycles. The van der Waals surface area contributed by atoms with Crippen LogP contribution in [0.4, 0.5) is 0 Å². The quantitative estimate of drug-likeness (QED) is 0.784. The zero-order chi connectivity index (χ0) is 14.3. The minimum atomic E-state index is 0.167. The third-order valence-corrected chi connectivity index (χ3v) is 2.96. The number of rotatable bonds is 8. The highest BCUT2D eigenvalue weighted by molar-refractivity contribution is 5.25. The van der Waals surface area contributed by atoms with Crippen LogP contribution in [0.1, 0.15) is 45.3 Å². The van der Waals surface area contributed by atoms with Crippen LogP contribution in [0.2, 0.25) is 0 Å². The van der Waals surface area contributed by atoms with Crippen LogP contribution in [-0.4, -0.2) is 30.7 Å². The summed E-state index contributed by atoms with van der Waals surface area (Å²) >= 11 is 0. The summed E-state index contributed by atoms with van der Waals surface area (Å²) in [6.07, 6.45) is 3.79. The van der Waals surface area contributed by atoms with Gasteiger partial charge in [0.25, 0.3) is 0 Å². The fraction of sp³-hybridized carbons (Fsp3) is 0.714. The van der Waals surface area contributed by atoms with Crippen LogP contribution in [-0.2, 0) is 0 Å². The number of methoxy groups -OCH3 is 2. The maximum atomic E-state index is 5.33. The van der Waals surface area contributed by atoms with E-state index in [-0.39, 0.29) is 6.04 Å². The lowest BCUT2D eigenvalue weighted by molar-refractivity contribution is 0.344. The molecule has 0 radical (unpaired) electrons. The summed E-state index contributed by atoms with van der Waals surface area (Å²) in [7, 11) is 3.18. The molecule has 0 aromatic carbocycles. The van der Waals surface area contributed by atoms with Gasteiger partial charge < -0.3 is 14.8 Å². The lowest BCUT2D eigenvalue weighted by Crippen LogP contribution is -2.23. The molecule has 1 aromatic heterocycles. The molecule has 108 valence electrons. The topological polar surface area (TPSA) is 56.3 Å². The standard InChI is InChI=1S/C14H25N3O2/c1-6-15-11(8-7-10(2)3)13-14(19-5)17-12(18-4)9-16-13/h9-11,15H,6-8H2,1-5H3. The molecule has 1 unspecified atom stereocenters. The highest BCUT2D eigenvalue weighted by atomic mass is 16.5. The highest BCUT2D eigenvalue weighted by Crippen LogP contribution is 2.27. The molecule has 19 heavy (non-hydrogen) atoms. The third-order valence-electron chi connectivity index (χ3n) is 2.96. The van der Waals surface area contributed by atoms with Gasteiger partial charge >= 0.3 is 0 Å². The third kappa shape index (κ3) is 4.67. The Kier molecular flexibility index (Phi) is 6.56. The second-order valence-corrected chi connectivity index (χ2v) is 4.89. The molecule has 0 aliphatic carbocycles. The van der Waals surface area contributed by atoms with Crippen molar-refractivity contribution in [3.05, 3.63) is 11.9 Å². The summed E-state index contributed by atoms with van der Waals surface area (Å²) in [5.41, 5.74) is 0.853. The van der Waals surface area contributed by atoms with Crippen molar-refractivity contribution >= 4 is 0 Å². The van der Waals surface area contributed by atoms with Gasteiger partial charge in [0.2, 0.25) is 11.8 Å². The predicted octanol–water partition coefficient (Wildman–Crippen LogP) is 2.58. The molecule has 5 nitrogen and oxygen atoms in total. The second-order valence-electron chi connectivity index (χ2n) is 4.89. The Morgan fingerprint density at radius 1 is 1.21 bits per heavy atom. The first-order valence-corrected chi connectivity index (χ1v) is 6.80. The molecule has 5 heteroatoms. The summed E-state index contributed by atoms with van der Waals surface area (Å²) in [5.74, 6) is 1.67. The minimum absolute atomic E-state index is 0.167. The number of aromatic nitrogens is 2. The Morgan fingerprint density at radius 3 is 2.47 bits per heavy atom. The summed E-state index contributed by atoms with van der Waals surface area (Å²) < 4.78 is 10.4. The van der Waals surface area contributed by atoms with E-state index in [4.69, 9.17) is 9.47 Å². The van der Waals surface area contributed by atoms with Gasteiger partial charge in [0.1, 0.15) is 5.69 Å². The Hall–Kier alpha value is -1.36. The van der Waals surface area contributed by atoms with Gasteiger partial charge in [0.15, 0.2) is 0 Å². The van der Waals surface area contributed by atoms with Crippen LogP contribution >= 0.6 is 0 Å². The Morgan fingerprint density at radius 2 is 1.95 bits per heavy atom. The Bertz CT molecular complexity index is 383. The highest BCUT2D eigenvalue weighted by Gasteiger charge is 2.19. The Balaban J connectivity index is 2.93. The molecule has 1 aromatic rings. The summed E-state index contributed by atoms with van der Waals surface area (Å²) in [5, 5.41) is 3.44. The van der Waals surface area contributed by atoms with E-state index in [1.807, 2.05) is 0 Å². The zero-order valence-corrected chi connectivity index (χ0v) is 12.6. The van der Waals surface area contributed by atoms with Crippen molar-refractivity contribution < 1.29 is 9.47 Å². The first kappa shape index (κ1) is 15.7. The van der Waals surface area contributed by atoms with E-state index in [0.717, 1.165) is 25.1 Å². The van der Waals surface area contributed by atoms with Crippen molar-refractivity contribution in [2.75, 3.05) is 20.8 Å². The molecular weight excluding hydrogens is 242 g/mol. The van der Waals surface area contributed by atoms with Crippen LogP contribution in [0.3, 0.4) is 0 Å². The number of hydrogen-bond acceptors (Lipinski definition) is 5. The first-order chi connectivity index (χ1) is 9.12.